The van der Waals surface area contributed by atoms with E-state index in [9.17, 15) is 0 Å². The molecule has 0 bridgehead atoms. The number of ether oxygens (including phenoxy) is 1. The molecular formula is C16H31NO. The molecule has 0 spiro atoms. The predicted octanol–water partition coefficient (Wildman–Crippen LogP) is 3.89. The number of nitrogens with one attached hydrogen (secondary N) is 1. The van der Waals surface area contributed by atoms with Crippen molar-refractivity contribution in [1.82, 2.24) is 5.32 Å². The minimum absolute atomic E-state index is 0.553. The summed E-state index contributed by atoms with van der Waals surface area (Å²) in [6, 6.07) is 0.774. The highest BCUT2D eigenvalue weighted by atomic mass is 16.5. The summed E-state index contributed by atoms with van der Waals surface area (Å²) in [6.07, 6.45) is 14.3. The topological polar surface area (TPSA) is 21.3 Å². The first-order chi connectivity index (χ1) is 8.90. The largest absolute Gasteiger partial charge is 0.377 e. The minimum Gasteiger partial charge on any atom is -0.377 e. The van der Waals surface area contributed by atoms with Gasteiger partial charge in [0.15, 0.2) is 0 Å². The first-order valence-electron chi connectivity index (χ1n) is 8.25. The van der Waals surface area contributed by atoms with E-state index in [-0.39, 0.29) is 0 Å². The lowest BCUT2D eigenvalue weighted by Crippen LogP contribution is -2.35. The zero-order chi connectivity index (χ0) is 12.6. The molecule has 2 nitrogen and oxygen atoms in total. The van der Waals surface area contributed by atoms with Crippen molar-refractivity contribution in [3.63, 3.8) is 0 Å². The van der Waals surface area contributed by atoms with Crippen molar-refractivity contribution >= 4 is 0 Å². The zero-order valence-electron chi connectivity index (χ0n) is 12.1. The van der Waals surface area contributed by atoms with Crippen LogP contribution in [-0.4, -0.2) is 25.3 Å². The molecule has 2 atom stereocenters. The van der Waals surface area contributed by atoms with Gasteiger partial charge in [-0.1, -0.05) is 45.4 Å². The molecule has 0 aromatic heterocycles. The van der Waals surface area contributed by atoms with E-state index >= 15 is 0 Å². The van der Waals surface area contributed by atoms with Crippen LogP contribution in [0.4, 0.5) is 0 Å². The fourth-order valence-corrected chi connectivity index (χ4v) is 3.64. The molecular weight excluding hydrogens is 222 g/mol. The van der Waals surface area contributed by atoms with E-state index < -0.39 is 0 Å². The average molecular weight is 253 g/mol. The van der Waals surface area contributed by atoms with E-state index in [2.05, 4.69) is 12.2 Å². The molecule has 0 aromatic carbocycles. The van der Waals surface area contributed by atoms with Crippen LogP contribution < -0.4 is 5.32 Å². The normalized spacial score (nSPS) is 30.5. The second kappa shape index (κ2) is 8.16. The standard InChI is InChI=1S/C16H31NO/c1-2-14-8-6-7-11-16(14)18-13-12-17-15-9-4-3-5-10-15/h14-17H,2-13H2,1H3. The van der Waals surface area contributed by atoms with Crippen molar-refractivity contribution in [2.24, 2.45) is 5.92 Å². The zero-order valence-corrected chi connectivity index (χ0v) is 12.1. The van der Waals surface area contributed by atoms with Crippen LogP contribution in [0.15, 0.2) is 0 Å². The molecule has 106 valence electrons. The minimum atomic E-state index is 0.553. The van der Waals surface area contributed by atoms with Gasteiger partial charge in [-0.3, -0.25) is 0 Å². The first kappa shape index (κ1) is 14.3. The fraction of sp³-hybridized carbons (Fsp3) is 1.00. The molecule has 2 aliphatic rings. The van der Waals surface area contributed by atoms with Crippen molar-refractivity contribution in [2.75, 3.05) is 13.2 Å². The van der Waals surface area contributed by atoms with Crippen LogP contribution >= 0.6 is 0 Å². The van der Waals surface area contributed by atoms with Gasteiger partial charge >= 0.3 is 0 Å². The Morgan fingerprint density at radius 1 is 0.944 bits per heavy atom. The van der Waals surface area contributed by atoms with Crippen LogP contribution in [0, 0.1) is 5.92 Å². The van der Waals surface area contributed by atoms with Crippen molar-refractivity contribution in [3.8, 4) is 0 Å². The quantitative estimate of drug-likeness (QED) is 0.725. The van der Waals surface area contributed by atoms with Gasteiger partial charge in [-0.05, 0) is 31.6 Å². The van der Waals surface area contributed by atoms with Gasteiger partial charge in [-0.2, -0.15) is 0 Å². The van der Waals surface area contributed by atoms with Crippen molar-refractivity contribution in [1.29, 1.82) is 0 Å². The molecule has 0 radical (unpaired) electrons. The Balaban J connectivity index is 1.56. The van der Waals surface area contributed by atoms with E-state index in [0.29, 0.717) is 6.10 Å². The number of hydrogen-bond acceptors (Lipinski definition) is 2. The lowest BCUT2D eigenvalue weighted by Gasteiger charge is -2.31. The second-order valence-corrected chi connectivity index (χ2v) is 6.15. The molecule has 0 heterocycles. The Hall–Kier alpha value is -0.0800. The van der Waals surface area contributed by atoms with Crippen LogP contribution in [-0.2, 0) is 4.74 Å². The Kier molecular flexibility index (Phi) is 6.50. The maximum absolute atomic E-state index is 6.12. The molecule has 0 saturated heterocycles. The van der Waals surface area contributed by atoms with Gasteiger partial charge < -0.3 is 10.1 Å². The van der Waals surface area contributed by atoms with Gasteiger partial charge in [0.05, 0.1) is 12.7 Å². The summed E-state index contributed by atoms with van der Waals surface area (Å²) in [7, 11) is 0. The number of rotatable bonds is 6. The van der Waals surface area contributed by atoms with Crippen LogP contribution in [0.3, 0.4) is 0 Å². The third kappa shape index (κ3) is 4.55. The van der Waals surface area contributed by atoms with E-state index in [1.807, 2.05) is 0 Å². The lowest BCUT2D eigenvalue weighted by molar-refractivity contribution is -0.0111. The van der Waals surface area contributed by atoms with E-state index in [0.717, 1.165) is 25.1 Å². The highest BCUT2D eigenvalue weighted by molar-refractivity contribution is 4.75. The maximum atomic E-state index is 6.12. The molecule has 2 heteroatoms. The predicted molar refractivity (Wildman–Crippen MR) is 76.9 cm³/mol. The third-order valence-electron chi connectivity index (χ3n) is 4.84. The smallest absolute Gasteiger partial charge is 0.0603 e. The van der Waals surface area contributed by atoms with E-state index in [1.54, 1.807) is 0 Å². The molecule has 18 heavy (non-hydrogen) atoms. The Labute approximate surface area is 113 Å². The summed E-state index contributed by atoms with van der Waals surface area (Å²) in [4.78, 5) is 0. The molecule has 2 unspecified atom stereocenters. The Morgan fingerprint density at radius 2 is 1.67 bits per heavy atom. The molecule has 1 N–H and O–H groups in total. The Bertz CT molecular complexity index is 213. The number of hydrogen-bond donors (Lipinski definition) is 1. The first-order valence-corrected chi connectivity index (χ1v) is 8.25. The van der Waals surface area contributed by atoms with Gasteiger partial charge in [0.2, 0.25) is 0 Å². The summed E-state index contributed by atoms with van der Waals surface area (Å²) in [6.45, 7) is 4.28. The molecule has 2 saturated carbocycles. The molecule has 0 amide bonds. The van der Waals surface area contributed by atoms with Crippen LogP contribution in [0.2, 0.25) is 0 Å². The molecule has 2 aliphatic carbocycles. The summed E-state index contributed by atoms with van der Waals surface area (Å²) >= 11 is 0. The molecule has 0 aromatic rings. The fourth-order valence-electron chi connectivity index (χ4n) is 3.64. The second-order valence-electron chi connectivity index (χ2n) is 6.15. The van der Waals surface area contributed by atoms with Gasteiger partial charge in [-0.15, -0.1) is 0 Å². The van der Waals surface area contributed by atoms with E-state index in [4.69, 9.17) is 4.74 Å². The van der Waals surface area contributed by atoms with Crippen LogP contribution in [0.1, 0.15) is 71.1 Å². The van der Waals surface area contributed by atoms with E-state index in [1.165, 1.54) is 64.2 Å². The van der Waals surface area contributed by atoms with Gasteiger partial charge in [-0.25, -0.2) is 0 Å². The van der Waals surface area contributed by atoms with Gasteiger partial charge in [0.1, 0.15) is 0 Å². The van der Waals surface area contributed by atoms with Gasteiger partial charge in [0.25, 0.3) is 0 Å². The SMILES string of the molecule is CCC1CCCCC1OCCNC1CCCCC1. The highest BCUT2D eigenvalue weighted by Crippen LogP contribution is 2.28. The summed E-state index contributed by atoms with van der Waals surface area (Å²) in [5.74, 6) is 0.827. The average Bonchev–Trinajstić information content (AvgIpc) is 2.45. The van der Waals surface area contributed by atoms with Crippen molar-refractivity contribution in [3.05, 3.63) is 0 Å². The molecule has 2 rings (SSSR count). The maximum Gasteiger partial charge on any atom is 0.0603 e. The van der Waals surface area contributed by atoms with Crippen molar-refractivity contribution < 1.29 is 4.74 Å². The van der Waals surface area contributed by atoms with Gasteiger partial charge in [0, 0.05) is 12.6 Å². The Morgan fingerprint density at radius 3 is 2.44 bits per heavy atom. The summed E-state index contributed by atoms with van der Waals surface area (Å²) < 4.78 is 6.12. The monoisotopic (exact) mass is 253 g/mol. The summed E-state index contributed by atoms with van der Waals surface area (Å²) in [5.41, 5.74) is 0. The van der Waals surface area contributed by atoms with Crippen LogP contribution in [0.25, 0.3) is 0 Å². The van der Waals surface area contributed by atoms with Crippen LogP contribution in [0.5, 0.6) is 0 Å². The lowest BCUT2D eigenvalue weighted by atomic mass is 9.85. The summed E-state index contributed by atoms with van der Waals surface area (Å²) in [5, 5.41) is 3.67. The third-order valence-corrected chi connectivity index (χ3v) is 4.84. The highest BCUT2D eigenvalue weighted by Gasteiger charge is 2.24. The molecule has 0 aliphatic heterocycles. The van der Waals surface area contributed by atoms with Crippen molar-refractivity contribution in [2.45, 2.75) is 83.3 Å². The molecule has 2 fully saturated rings.